The quantitative estimate of drug-likeness (QED) is 0.211. The van der Waals surface area contributed by atoms with Crippen LogP contribution >= 0.6 is 11.8 Å². The fourth-order valence-corrected chi connectivity index (χ4v) is 4.37. The largest absolute Gasteiger partial charge is 0.478 e. The van der Waals surface area contributed by atoms with Gasteiger partial charge in [-0.1, -0.05) is 24.3 Å². The number of Topliss-reactive ketones (excluding diaryl/α,β-unsaturated/α-hetero) is 1. The molecule has 0 aromatic heterocycles. The van der Waals surface area contributed by atoms with Gasteiger partial charge < -0.3 is 15.7 Å². The minimum Gasteiger partial charge on any atom is -0.478 e. The number of carbonyl (C=O) groups is 4. The van der Waals surface area contributed by atoms with Gasteiger partial charge in [-0.3, -0.25) is 14.4 Å². The maximum atomic E-state index is 13.0. The molecule has 36 heavy (non-hydrogen) atoms. The molecule has 180 valence electrons. The molecule has 0 unspecified atom stereocenters. The van der Waals surface area contributed by atoms with Gasteiger partial charge in [-0.25, -0.2) is 4.79 Å². The first-order chi connectivity index (χ1) is 17.3. The van der Waals surface area contributed by atoms with Crippen molar-refractivity contribution < 1.29 is 24.3 Å². The molecule has 0 heterocycles. The average molecular weight is 499 g/mol. The summed E-state index contributed by atoms with van der Waals surface area (Å²) >= 11 is 1.34. The summed E-state index contributed by atoms with van der Waals surface area (Å²) in [6.45, 7) is 1.49. The number of aromatic carboxylic acids is 1. The Bertz CT molecular complexity index is 1460. The molecule has 0 saturated heterocycles. The fraction of sp³-hybridized carbons (Fsp3) is 0.0714. The number of fused-ring (bicyclic) bond motifs is 1. The van der Waals surface area contributed by atoms with Gasteiger partial charge >= 0.3 is 5.97 Å². The zero-order valence-corrected chi connectivity index (χ0v) is 20.1. The molecular weight excluding hydrogens is 476 g/mol. The van der Waals surface area contributed by atoms with Crippen molar-refractivity contribution in [3.8, 4) is 0 Å². The minimum absolute atomic E-state index is 0.0369. The lowest BCUT2D eigenvalue weighted by Gasteiger charge is -2.11. The molecular formula is C28H22N2O5S. The van der Waals surface area contributed by atoms with Crippen LogP contribution in [0.25, 0.3) is 10.8 Å². The van der Waals surface area contributed by atoms with Gasteiger partial charge in [0.1, 0.15) is 0 Å². The van der Waals surface area contributed by atoms with Gasteiger partial charge in [0, 0.05) is 32.8 Å². The minimum atomic E-state index is -1.10. The Morgan fingerprint density at radius 3 is 1.94 bits per heavy atom. The molecule has 0 aliphatic rings. The average Bonchev–Trinajstić information content (AvgIpc) is 2.87. The highest BCUT2D eigenvalue weighted by molar-refractivity contribution is 8.00. The van der Waals surface area contributed by atoms with E-state index < -0.39 is 11.9 Å². The number of benzene rings is 4. The highest BCUT2D eigenvalue weighted by Gasteiger charge is 2.16. The number of rotatable bonds is 8. The van der Waals surface area contributed by atoms with E-state index in [0.717, 1.165) is 4.90 Å². The van der Waals surface area contributed by atoms with Crippen molar-refractivity contribution in [2.45, 2.75) is 11.8 Å². The molecule has 0 bridgehead atoms. The number of ketones is 1. The lowest BCUT2D eigenvalue weighted by atomic mass is 9.98. The van der Waals surface area contributed by atoms with Crippen molar-refractivity contribution >= 4 is 57.5 Å². The predicted molar refractivity (Wildman–Crippen MR) is 141 cm³/mol. The number of amides is 2. The Morgan fingerprint density at radius 2 is 1.33 bits per heavy atom. The number of anilines is 2. The third kappa shape index (κ3) is 5.79. The summed E-state index contributed by atoms with van der Waals surface area (Å²) in [4.78, 5) is 49.1. The fourth-order valence-electron chi connectivity index (χ4n) is 3.68. The van der Waals surface area contributed by atoms with E-state index in [1.54, 1.807) is 78.9 Å². The molecule has 0 fully saturated rings. The van der Waals surface area contributed by atoms with Crippen LogP contribution in [-0.4, -0.2) is 34.4 Å². The summed E-state index contributed by atoms with van der Waals surface area (Å²) in [6.07, 6.45) is 0. The summed E-state index contributed by atoms with van der Waals surface area (Å²) in [7, 11) is 0. The van der Waals surface area contributed by atoms with Gasteiger partial charge in [0.2, 0.25) is 5.91 Å². The first-order valence-electron chi connectivity index (χ1n) is 11.0. The van der Waals surface area contributed by atoms with Gasteiger partial charge in [-0.15, -0.1) is 11.8 Å². The van der Waals surface area contributed by atoms with Gasteiger partial charge in [0.15, 0.2) is 5.78 Å². The number of hydrogen-bond donors (Lipinski definition) is 3. The molecule has 0 aliphatic heterocycles. The summed E-state index contributed by atoms with van der Waals surface area (Å²) in [6, 6.07) is 23.7. The highest BCUT2D eigenvalue weighted by Crippen LogP contribution is 2.25. The van der Waals surface area contributed by atoms with Crippen LogP contribution in [-0.2, 0) is 4.79 Å². The molecule has 7 nitrogen and oxygen atoms in total. The maximum Gasteiger partial charge on any atom is 0.336 e. The van der Waals surface area contributed by atoms with Gasteiger partial charge in [0.25, 0.3) is 5.91 Å². The second kappa shape index (κ2) is 10.9. The zero-order valence-electron chi connectivity index (χ0n) is 19.3. The molecule has 0 atom stereocenters. The third-order valence-corrected chi connectivity index (χ3v) is 6.45. The van der Waals surface area contributed by atoms with Crippen molar-refractivity contribution in [1.82, 2.24) is 0 Å². The molecule has 0 aliphatic carbocycles. The molecule has 2 amide bonds. The smallest absolute Gasteiger partial charge is 0.336 e. The van der Waals surface area contributed by atoms with Crippen LogP contribution in [0.5, 0.6) is 0 Å². The molecule has 8 heteroatoms. The SMILES string of the molecule is CC(=O)c1ccc(NC(=O)CSc2ccc(NC(=O)c3cccc4cccc(C(=O)O)c34)cc2)cc1. The van der Waals surface area contributed by atoms with E-state index in [9.17, 15) is 24.3 Å². The number of hydrogen-bond acceptors (Lipinski definition) is 5. The summed E-state index contributed by atoms with van der Waals surface area (Å²) < 4.78 is 0. The molecule has 4 aromatic carbocycles. The van der Waals surface area contributed by atoms with E-state index in [0.29, 0.717) is 27.7 Å². The van der Waals surface area contributed by atoms with E-state index in [-0.39, 0.29) is 28.6 Å². The molecule has 0 spiro atoms. The normalized spacial score (nSPS) is 10.6. The number of carboxylic acids is 1. The number of nitrogens with one attached hydrogen (secondary N) is 2. The number of thioether (sulfide) groups is 1. The van der Waals surface area contributed by atoms with Gasteiger partial charge in [0.05, 0.1) is 11.3 Å². The Balaban J connectivity index is 1.37. The highest BCUT2D eigenvalue weighted by atomic mass is 32.2. The summed E-state index contributed by atoms with van der Waals surface area (Å²) in [5, 5.41) is 16.2. The van der Waals surface area contributed by atoms with Crippen molar-refractivity contribution in [2.75, 3.05) is 16.4 Å². The lowest BCUT2D eigenvalue weighted by molar-refractivity contribution is -0.113. The van der Waals surface area contributed by atoms with E-state index >= 15 is 0 Å². The first kappa shape index (κ1) is 24.7. The second-order valence-electron chi connectivity index (χ2n) is 7.96. The predicted octanol–water partition coefficient (Wildman–Crippen LogP) is 5.72. The van der Waals surface area contributed by atoms with Crippen LogP contribution in [0.4, 0.5) is 11.4 Å². The van der Waals surface area contributed by atoms with Gasteiger partial charge in [-0.05, 0) is 73.0 Å². The summed E-state index contributed by atoms with van der Waals surface area (Å²) in [5.74, 6) is -1.54. The first-order valence-corrected chi connectivity index (χ1v) is 12.0. The Labute approximate surface area is 211 Å². The van der Waals surface area contributed by atoms with Crippen LogP contribution < -0.4 is 10.6 Å². The Kier molecular flexibility index (Phi) is 7.46. The topological polar surface area (TPSA) is 113 Å². The monoisotopic (exact) mass is 498 g/mol. The van der Waals surface area contributed by atoms with Crippen molar-refractivity contribution in [3.63, 3.8) is 0 Å². The van der Waals surface area contributed by atoms with E-state index in [4.69, 9.17) is 0 Å². The van der Waals surface area contributed by atoms with Gasteiger partial charge in [-0.2, -0.15) is 0 Å². The maximum absolute atomic E-state index is 13.0. The van der Waals surface area contributed by atoms with E-state index in [1.165, 1.54) is 24.8 Å². The van der Waals surface area contributed by atoms with E-state index in [1.807, 2.05) is 0 Å². The van der Waals surface area contributed by atoms with E-state index in [2.05, 4.69) is 10.6 Å². The molecule has 4 rings (SSSR count). The molecule has 4 aromatic rings. The van der Waals surface area contributed by atoms with Crippen LogP contribution in [0.15, 0.2) is 89.8 Å². The van der Waals surface area contributed by atoms with Crippen LogP contribution in [0.3, 0.4) is 0 Å². The standard InChI is InChI=1S/C28H22N2O5S/c1-17(31)18-8-10-20(11-9-18)29-25(32)16-36-22-14-12-21(13-15-22)30-27(33)23-6-2-4-19-5-3-7-24(26(19)23)28(34)35/h2-15H,16H2,1H3,(H,29,32)(H,30,33)(H,34,35). The zero-order chi connectivity index (χ0) is 25.7. The molecule has 0 saturated carbocycles. The lowest BCUT2D eigenvalue weighted by Crippen LogP contribution is -2.14. The number of carbonyl (C=O) groups excluding carboxylic acids is 3. The molecule has 0 radical (unpaired) electrons. The van der Waals surface area contributed by atoms with Crippen molar-refractivity contribution in [3.05, 3.63) is 102 Å². The third-order valence-electron chi connectivity index (χ3n) is 5.44. The van der Waals surface area contributed by atoms with Crippen molar-refractivity contribution in [2.24, 2.45) is 0 Å². The van der Waals surface area contributed by atoms with Crippen LogP contribution in [0, 0.1) is 0 Å². The van der Waals surface area contributed by atoms with Crippen LogP contribution in [0.2, 0.25) is 0 Å². The molecule has 3 N–H and O–H groups in total. The summed E-state index contributed by atoms with van der Waals surface area (Å²) in [5.41, 5.74) is 2.08. The Hall–Kier alpha value is -4.43. The van der Waals surface area contributed by atoms with Crippen LogP contribution in [0.1, 0.15) is 38.0 Å². The van der Waals surface area contributed by atoms with Crippen molar-refractivity contribution in [1.29, 1.82) is 0 Å². The number of carboxylic acid groups (broad SMARTS) is 1. The second-order valence-corrected chi connectivity index (χ2v) is 9.01. The Morgan fingerprint density at radius 1 is 0.750 bits per heavy atom.